The molecule has 1 rings (SSSR count). The molecule has 0 aromatic carbocycles. The predicted molar refractivity (Wildman–Crippen MR) is 50.0 cm³/mol. The van der Waals surface area contributed by atoms with Crippen molar-refractivity contribution in [3.63, 3.8) is 0 Å². The largest absolute Gasteiger partial charge is 0.368 e. The Kier molecular flexibility index (Phi) is 3.15. The molecule has 0 bridgehead atoms. The molecule has 12 heavy (non-hydrogen) atoms. The predicted octanol–water partition coefficient (Wildman–Crippen LogP) is 2.14. The van der Waals surface area contributed by atoms with E-state index < -0.39 is 0 Å². The van der Waals surface area contributed by atoms with Crippen LogP contribution in [0.5, 0.6) is 0 Å². The van der Waals surface area contributed by atoms with Gasteiger partial charge in [-0.15, -0.1) is 0 Å². The summed E-state index contributed by atoms with van der Waals surface area (Å²) in [5.74, 6) is 0. The molecule has 1 saturated carbocycles. The minimum absolute atomic E-state index is 0.355. The Bertz CT molecular complexity index is 209. The van der Waals surface area contributed by atoms with Crippen LogP contribution in [-0.4, -0.2) is 23.2 Å². The lowest BCUT2D eigenvalue weighted by Gasteiger charge is -2.36. The average molecular weight is 188 g/mol. The summed E-state index contributed by atoms with van der Waals surface area (Å²) < 4.78 is 0. The average Bonchev–Trinajstić information content (AvgIpc) is 1.83. The summed E-state index contributed by atoms with van der Waals surface area (Å²) in [6.45, 7) is 1.84. The first-order valence-electron chi connectivity index (χ1n) is 4.25. The van der Waals surface area contributed by atoms with E-state index in [1.165, 1.54) is 19.3 Å². The Morgan fingerprint density at radius 1 is 1.58 bits per heavy atom. The van der Waals surface area contributed by atoms with Gasteiger partial charge in [0.15, 0.2) is 0 Å². The molecule has 1 aliphatic rings. The van der Waals surface area contributed by atoms with Crippen molar-refractivity contribution < 1.29 is 4.79 Å². The first-order valence-corrected chi connectivity index (χ1v) is 4.63. The lowest BCUT2D eigenvalue weighted by molar-refractivity contribution is -0.110. The van der Waals surface area contributed by atoms with Gasteiger partial charge < -0.3 is 4.90 Å². The lowest BCUT2D eigenvalue weighted by atomic mass is 9.91. The first kappa shape index (κ1) is 9.59. The van der Waals surface area contributed by atoms with Crippen LogP contribution in [0.4, 0.5) is 0 Å². The molecular formula is C9H14ClNO. The molecule has 0 unspecified atom stereocenters. The van der Waals surface area contributed by atoms with Gasteiger partial charge in [0.1, 0.15) is 0 Å². The summed E-state index contributed by atoms with van der Waals surface area (Å²) in [6, 6.07) is 0.527. The van der Waals surface area contributed by atoms with Crippen molar-refractivity contribution >= 4 is 16.8 Å². The third-order valence-corrected chi connectivity index (χ3v) is 2.67. The molecule has 0 heterocycles. The number of halogens is 1. The van der Waals surface area contributed by atoms with Gasteiger partial charge in [-0.1, -0.05) is 6.08 Å². The highest BCUT2D eigenvalue weighted by molar-refractivity contribution is 6.67. The molecule has 1 aliphatic carbocycles. The number of hydrogen-bond acceptors (Lipinski definition) is 2. The molecule has 0 N–H and O–H groups in total. The zero-order chi connectivity index (χ0) is 9.14. The van der Waals surface area contributed by atoms with Crippen LogP contribution in [0.3, 0.4) is 0 Å². The SMILES string of the molecule is CC=C(C(=O)Cl)N(C)C1CCC1. The summed E-state index contributed by atoms with van der Waals surface area (Å²) in [5.41, 5.74) is 0.626. The maximum absolute atomic E-state index is 10.9. The van der Waals surface area contributed by atoms with Crippen LogP contribution in [0, 0.1) is 0 Å². The van der Waals surface area contributed by atoms with Crippen molar-refractivity contribution in [2.24, 2.45) is 0 Å². The highest BCUT2D eigenvalue weighted by atomic mass is 35.5. The van der Waals surface area contributed by atoms with Crippen LogP contribution >= 0.6 is 11.6 Å². The van der Waals surface area contributed by atoms with Gasteiger partial charge in [-0.05, 0) is 37.8 Å². The Morgan fingerprint density at radius 2 is 2.17 bits per heavy atom. The first-order chi connectivity index (χ1) is 5.66. The second-order valence-electron chi connectivity index (χ2n) is 3.14. The zero-order valence-corrected chi connectivity index (χ0v) is 8.27. The van der Waals surface area contributed by atoms with E-state index in [2.05, 4.69) is 0 Å². The minimum atomic E-state index is -0.355. The van der Waals surface area contributed by atoms with Crippen LogP contribution in [0.2, 0.25) is 0 Å². The summed E-state index contributed by atoms with van der Waals surface area (Å²) >= 11 is 5.42. The van der Waals surface area contributed by atoms with E-state index in [1.807, 2.05) is 18.9 Å². The lowest BCUT2D eigenvalue weighted by Crippen LogP contribution is -2.37. The summed E-state index contributed by atoms with van der Waals surface area (Å²) in [7, 11) is 1.93. The molecule has 0 amide bonds. The minimum Gasteiger partial charge on any atom is -0.368 e. The highest BCUT2D eigenvalue weighted by Gasteiger charge is 2.25. The van der Waals surface area contributed by atoms with Crippen molar-refractivity contribution in [2.45, 2.75) is 32.2 Å². The zero-order valence-electron chi connectivity index (χ0n) is 7.51. The van der Waals surface area contributed by atoms with E-state index in [0.717, 1.165) is 0 Å². The Balaban J connectivity index is 2.59. The quantitative estimate of drug-likeness (QED) is 0.499. The van der Waals surface area contributed by atoms with Crippen LogP contribution in [0.25, 0.3) is 0 Å². The number of carbonyl (C=O) groups excluding carboxylic acids is 1. The summed E-state index contributed by atoms with van der Waals surface area (Å²) in [5, 5.41) is -0.355. The standard InChI is InChI=1S/C9H14ClNO/c1-3-8(9(10)12)11(2)7-5-4-6-7/h3,7H,4-6H2,1-2H3. The Morgan fingerprint density at radius 3 is 2.42 bits per heavy atom. The van der Waals surface area contributed by atoms with E-state index in [1.54, 1.807) is 6.08 Å². The summed E-state index contributed by atoms with van der Waals surface area (Å²) in [4.78, 5) is 12.9. The number of rotatable bonds is 3. The van der Waals surface area contributed by atoms with Gasteiger partial charge >= 0.3 is 0 Å². The van der Waals surface area contributed by atoms with Gasteiger partial charge in [0.25, 0.3) is 5.24 Å². The van der Waals surface area contributed by atoms with Crippen LogP contribution in [-0.2, 0) is 4.79 Å². The van der Waals surface area contributed by atoms with Crippen molar-refractivity contribution in [1.29, 1.82) is 0 Å². The van der Waals surface area contributed by atoms with Crippen molar-refractivity contribution in [3.8, 4) is 0 Å². The van der Waals surface area contributed by atoms with Gasteiger partial charge in [-0.2, -0.15) is 0 Å². The molecule has 0 radical (unpaired) electrons. The monoisotopic (exact) mass is 187 g/mol. The number of hydrogen-bond donors (Lipinski definition) is 0. The molecule has 0 saturated heterocycles. The molecule has 0 aliphatic heterocycles. The molecule has 68 valence electrons. The van der Waals surface area contributed by atoms with Gasteiger partial charge in [-0.3, -0.25) is 4.79 Å². The molecule has 3 heteroatoms. The summed E-state index contributed by atoms with van der Waals surface area (Å²) in [6.07, 6.45) is 5.39. The molecule has 0 aromatic rings. The van der Waals surface area contributed by atoms with Gasteiger partial charge in [-0.25, -0.2) is 0 Å². The van der Waals surface area contributed by atoms with E-state index >= 15 is 0 Å². The molecule has 2 nitrogen and oxygen atoms in total. The van der Waals surface area contributed by atoms with E-state index in [9.17, 15) is 4.79 Å². The fourth-order valence-corrected chi connectivity index (χ4v) is 1.67. The number of allylic oxidation sites excluding steroid dienone is 2. The fourth-order valence-electron chi connectivity index (χ4n) is 1.43. The highest BCUT2D eigenvalue weighted by Crippen LogP contribution is 2.26. The number of nitrogens with zero attached hydrogens (tertiary/aromatic N) is 1. The smallest absolute Gasteiger partial charge is 0.268 e. The normalized spacial score (nSPS) is 18.8. The Labute approximate surface area is 78.2 Å². The second kappa shape index (κ2) is 3.94. The maximum Gasteiger partial charge on any atom is 0.268 e. The van der Waals surface area contributed by atoms with E-state index in [-0.39, 0.29) is 5.24 Å². The number of carbonyl (C=O) groups is 1. The van der Waals surface area contributed by atoms with E-state index in [4.69, 9.17) is 11.6 Å². The van der Waals surface area contributed by atoms with Gasteiger partial charge in [0.2, 0.25) is 0 Å². The van der Waals surface area contributed by atoms with Crippen molar-refractivity contribution in [3.05, 3.63) is 11.8 Å². The van der Waals surface area contributed by atoms with Crippen LogP contribution in [0.1, 0.15) is 26.2 Å². The molecule has 0 spiro atoms. The van der Waals surface area contributed by atoms with Gasteiger partial charge in [0.05, 0.1) is 5.70 Å². The molecule has 1 fully saturated rings. The molecule has 0 atom stereocenters. The van der Waals surface area contributed by atoms with Crippen molar-refractivity contribution in [2.75, 3.05) is 7.05 Å². The third kappa shape index (κ3) is 1.81. The number of likely N-dealkylation sites (N-methyl/N-ethyl adjacent to an activating group) is 1. The van der Waals surface area contributed by atoms with Crippen molar-refractivity contribution in [1.82, 2.24) is 4.90 Å². The molecule has 0 aromatic heterocycles. The Hall–Kier alpha value is -0.500. The van der Waals surface area contributed by atoms with E-state index in [0.29, 0.717) is 11.7 Å². The van der Waals surface area contributed by atoms with Crippen LogP contribution < -0.4 is 0 Å². The topological polar surface area (TPSA) is 20.3 Å². The fraction of sp³-hybridized carbons (Fsp3) is 0.667. The second-order valence-corrected chi connectivity index (χ2v) is 3.49. The maximum atomic E-state index is 10.9. The molecular weight excluding hydrogens is 174 g/mol. The van der Waals surface area contributed by atoms with Crippen LogP contribution in [0.15, 0.2) is 11.8 Å². The third-order valence-electron chi connectivity index (χ3n) is 2.48. The van der Waals surface area contributed by atoms with Gasteiger partial charge in [0, 0.05) is 13.1 Å².